The third-order valence-electron chi connectivity index (χ3n) is 2.45. The smallest absolute Gasteiger partial charge is 0.180 e. The fourth-order valence-electron chi connectivity index (χ4n) is 1.39. The predicted molar refractivity (Wildman–Crippen MR) is 91.9 cm³/mol. The molecule has 1 rings (SSSR count). The summed E-state index contributed by atoms with van der Waals surface area (Å²) in [5.41, 5.74) is 5.94. The summed E-state index contributed by atoms with van der Waals surface area (Å²) >= 11 is 6.07. The number of aldehydes is 2. The molecule has 6 nitrogen and oxygen atoms in total. The zero-order valence-electron chi connectivity index (χ0n) is 13.4. The first kappa shape index (κ1) is 20.9. The minimum Gasteiger partial charge on any atom is -0.493 e. The molecule has 0 saturated heterocycles. The number of ether oxygens (including phenoxy) is 2. The van der Waals surface area contributed by atoms with Crippen LogP contribution in [0.2, 0.25) is 5.02 Å². The van der Waals surface area contributed by atoms with E-state index in [2.05, 4.69) is 17.4 Å². The summed E-state index contributed by atoms with van der Waals surface area (Å²) in [6, 6.07) is 3.20. The largest absolute Gasteiger partial charge is 0.493 e. The number of hydrogen-bond donors (Lipinski definition) is 2. The Morgan fingerprint density at radius 1 is 1.26 bits per heavy atom. The Morgan fingerprint density at radius 2 is 1.87 bits per heavy atom. The molecular weight excluding hydrogens is 320 g/mol. The monoisotopic (exact) mass is 340 g/mol. The average molecular weight is 341 g/mol. The van der Waals surface area contributed by atoms with Gasteiger partial charge < -0.3 is 9.47 Å². The number of carbonyl (C=O) groups is 2. The highest BCUT2D eigenvalue weighted by Gasteiger charge is 2.11. The number of carbonyl (C=O) groups excluding carboxylic acids is 2. The van der Waals surface area contributed by atoms with Crippen LogP contribution in [0.25, 0.3) is 6.08 Å². The van der Waals surface area contributed by atoms with Crippen molar-refractivity contribution in [3.05, 3.63) is 40.9 Å². The van der Waals surface area contributed by atoms with Crippen LogP contribution in [0.1, 0.15) is 5.56 Å². The van der Waals surface area contributed by atoms with Gasteiger partial charge in [-0.3, -0.25) is 20.4 Å². The van der Waals surface area contributed by atoms with Crippen LogP contribution in [-0.4, -0.2) is 40.4 Å². The topological polar surface area (TPSA) is 76.7 Å². The molecule has 2 N–H and O–H groups in total. The first-order valence-corrected chi connectivity index (χ1v) is 7.02. The number of hydrogen-bond acceptors (Lipinski definition) is 6. The van der Waals surface area contributed by atoms with E-state index in [1.54, 1.807) is 18.2 Å². The first-order chi connectivity index (χ1) is 11.1. The van der Waals surface area contributed by atoms with Crippen molar-refractivity contribution in [1.29, 1.82) is 0 Å². The number of benzene rings is 1. The van der Waals surface area contributed by atoms with Crippen molar-refractivity contribution >= 4 is 30.2 Å². The molecule has 7 heteroatoms. The van der Waals surface area contributed by atoms with Crippen LogP contribution in [0.4, 0.5) is 0 Å². The van der Waals surface area contributed by atoms with Gasteiger partial charge in [0.1, 0.15) is 6.61 Å². The zero-order valence-corrected chi connectivity index (χ0v) is 14.1. The maximum atomic E-state index is 10.6. The van der Waals surface area contributed by atoms with Crippen LogP contribution in [0.5, 0.6) is 11.5 Å². The van der Waals surface area contributed by atoms with Gasteiger partial charge in [0.2, 0.25) is 0 Å². The Morgan fingerprint density at radius 3 is 2.30 bits per heavy atom. The van der Waals surface area contributed by atoms with E-state index in [0.717, 1.165) is 0 Å². The predicted octanol–water partition coefficient (Wildman–Crippen LogP) is 2.03. The molecule has 0 heterocycles. The Kier molecular flexibility index (Phi) is 11.2. The molecule has 0 fully saturated rings. The molecule has 0 saturated carbocycles. The van der Waals surface area contributed by atoms with Gasteiger partial charge in [-0.05, 0) is 37.9 Å². The lowest BCUT2D eigenvalue weighted by Crippen LogP contribution is -2.21. The number of allylic oxidation sites excluding steroid dienone is 1. The van der Waals surface area contributed by atoms with Gasteiger partial charge in [-0.25, -0.2) is 0 Å². The van der Waals surface area contributed by atoms with Gasteiger partial charge >= 0.3 is 0 Å². The summed E-state index contributed by atoms with van der Waals surface area (Å²) in [4.78, 5) is 21.2. The molecule has 1 aromatic rings. The van der Waals surface area contributed by atoms with Gasteiger partial charge in [0.15, 0.2) is 24.1 Å². The number of halogens is 1. The molecule has 0 radical (unpaired) electrons. The van der Waals surface area contributed by atoms with Gasteiger partial charge in [0.25, 0.3) is 0 Å². The van der Waals surface area contributed by atoms with Crippen molar-refractivity contribution in [3.63, 3.8) is 0 Å². The molecule has 0 unspecified atom stereocenters. The van der Waals surface area contributed by atoms with Gasteiger partial charge in [-0.15, -0.1) is 0 Å². The van der Waals surface area contributed by atoms with Gasteiger partial charge in [-0.1, -0.05) is 24.3 Å². The third-order valence-corrected chi connectivity index (χ3v) is 2.73. The second kappa shape index (κ2) is 12.4. The lowest BCUT2D eigenvalue weighted by molar-refractivity contribution is -0.109. The van der Waals surface area contributed by atoms with Crippen LogP contribution in [0.3, 0.4) is 0 Å². The van der Waals surface area contributed by atoms with E-state index >= 15 is 0 Å². The Balaban J connectivity index is 0.00000108. The highest BCUT2D eigenvalue weighted by Crippen LogP contribution is 2.36. The van der Waals surface area contributed by atoms with Crippen molar-refractivity contribution < 1.29 is 19.1 Å². The normalized spacial score (nSPS) is 9.04. The fourth-order valence-corrected chi connectivity index (χ4v) is 1.67. The molecule has 0 aliphatic heterocycles. The standard InChI is InChI=1S/C14H13ClO4.C2H8N2/c1-3-4-19-14-12(15)6-10(7-13(14)18-2)5-11(8-16)9-17;1-3-4-2/h3,5-9H,1,4H2,2H3;3-4H,1-2H3. The maximum Gasteiger partial charge on any atom is 0.180 e. The summed E-state index contributed by atoms with van der Waals surface area (Å²) < 4.78 is 10.5. The van der Waals surface area contributed by atoms with Crippen molar-refractivity contribution in [3.8, 4) is 11.5 Å². The molecule has 0 amide bonds. The Hall–Kier alpha value is -2.15. The number of methoxy groups -OCH3 is 1. The minimum absolute atomic E-state index is 0.0119. The fraction of sp³-hybridized carbons (Fsp3) is 0.250. The second-order valence-corrected chi connectivity index (χ2v) is 4.42. The number of nitrogens with one attached hydrogen (secondary N) is 2. The van der Waals surface area contributed by atoms with E-state index in [1.165, 1.54) is 13.2 Å². The lowest BCUT2D eigenvalue weighted by Gasteiger charge is -2.12. The van der Waals surface area contributed by atoms with Crippen molar-refractivity contribution in [2.24, 2.45) is 0 Å². The van der Waals surface area contributed by atoms with Crippen molar-refractivity contribution in [1.82, 2.24) is 10.9 Å². The van der Waals surface area contributed by atoms with Crippen LogP contribution >= 0.6 is 11.6 Å². The van der Waals surface area contributed by atoms with Crippen molar-refractivity contribution in [2.75, 3.05) is 27.8 Å². The van der Waals surface area contributed by atoms with E-state index in [0.29, 0.717) is 41.3 Å². The molecule has 0 atom stereocenters. The van der Waals surface area contributed by atoms with Gasteiger partial charge in [-0.2, -0.15) is 0 Å². The summed E-state index contributed by atoms with van der Waals surface area (Å²) in [6.45, 7) is 3.83. The molecule has 1 aromatic carbocycles. The number of hydrazine groups is 1. The van der Waals surface area contributed by atoms with E-state index in [-0.39, 0.29) is 5.57 Å². The molecule has 23 heavy (non-hydrogen) atoms. The SMILES string of the molecule is C=CCOc1c(Cl)cc(C=C(C=O)C=O)cc1OC.CNNC. The van der Waals surface area contributed by atoms with Crippen LogP contribution in [0.15, 0.2) is 30.4 Å². The molecule has 0 aromatic heterocycles. The minimum atomic E-state index is 0.0119. The van der Waals surface area contributed by atoms with E-state index in [4.69, 9.17) is 21.1 Å². The van der Waals surface area contributed by atoms with Gasteiger partial charge in [0, 0.05) is 0 Å². The van der Waals surface area contributed by atoms with Crippen LogP contribution in [-0.2, 0) is 9.59 Å². The van der Waals surface area contributed by atoms with E-state index in [9.17, 15) is 9.59 Å². The molecule has 0 bridgehead atoms. The highest BCUT2D eigenvalue weighted by atomic mass is 35.5. The van der Waals surface area contributed by atoms with E-state index in [1.807, 2.05) is 14.1 Å². The second-order valence-electron chi connectivity index (χ2n) is 4.01. The van der Waals surface area contributed by atoms with Crippen molar-refractivity contribution in [2.45, 2.75) is 0 Å². The lowest BCUT2D eigenvalue weighted by atomic mass is 10.1. The Labute approximate surface area is 141 Å². The summed E-state index contributed by atoms with van der Waals surface area (Å²) in [5.74, 6) is 0.803. The van der Waals surface area contributed by atoms with E-state index < -0.39 is 0 Å². The molecule has 0 aliphatic rings. The van der Waals surface area contributed by atoms with Gasteiger partial charge in [0.05, 0.1) is 17.7 Å². The number of rotatable bonds is 8. The average Bonchev–Trinajstić information content (AvgIpc) is 2.58. The third kappa shape index (κ3) is 7.60. The highest BCUT2D eigenvalue weighted by molar-refractivity contribution is 6.32. The Bertz CT molecular complexity index is 547. The molecule has 126 valence electrons. The molecule has 0 aliphatic carbocycles. The maximum absolute atomic E-state index is 10.6. The van der Waals surface area contributed by atoms with Crippen LogP contribution in [0, 0.1) is 0 Å². The van der Waals surface area contributed by atoms with Crippen LogP contribution < -0.4 is 20.3 Å². The summed E-state index contributed by atoms with van der Waals surface area (Å²) in [7, 11) is 5.11. The summed E-state index contributed by atoms with van der Waals surface area (Å²) in [6.07, 6.45) is 3.93. The molecular formula is C16H21ClN2O4. The molecule has 0 spiro atoms. The zero-order chi connectivity index (χ0) is 17.7. The first-order valence-electron chi connectivity index (χ1n) is 6.64. The quantitative estimate of drug-likeness (QED) is 0.188. The summed E-state index contributed by atoms with van der Waals surface area (Å²) in [5, 5.41) is 0.323.